The topological polar surface area (TPSA) is 41.6 Å². The Labute approximate surface area is 193 Å². The average Bonchev–Trinajstić information content (AvgIpc) is 3.35. The van der Waals surface area contributed by atoms with E-state index in [0.717, 1.165) is 39.3 Å². The molecule has 0 saturated carbocycles. The predicted octanol–water partition coefficient (Wildman–Crippen LogP) is 7.27. The molecule has 0 radical (unpaired) electrons. The van der Waals surface area contributed by atoms with E-state index in [4.69, 9.17) is 5.10 Å². The molecule has 3 heteroatoms. The van der Waals surface area contributed by atoms with Gasteiger partial charge in [-0.3, -0.25) is 0 Å². The maximum atomic E-state index is 9.61. The molecule has 0 unspecified atom stereocenters. The van der Waals surface area contributed by atoms with Gasteiger partial charge in [0.15, 0.2) is 0 Å². The highest BCUT2D eigenvalue weighted by atomic mass is 15.3. The Morgan fingerprint density at radius 1 is 0.697 bits per heavy atom. The number of allylic oxidation sites excluding steroid dienone is 1. The molecule has 5 rings (SSSR count). The lowest BCUT2D eigenvalue weighted by Crippen LogP contribution is -1.99. The van der Waals surface area contributed by atoms with Gasteiger partial charge in [-0.05, 0) is 35.4 Å². The number of hydrogen-bond donors (Lipinski definition) is 0. The number of rotatable bonds is 5. The summed E-state index contributed by atoms with van der Waals surface area (Å²) in [5.74, 6) is 0. The number of nitriles is 1. The normalized spacial score (nSPS) is 11.2. The second-order valence-corrected chi connectivity index (χ2v) is 7.69. The Morgan fingerprint density at radius 2 is 1.27 bits per heavy atom. The lowest BCUT2D eigenvalue weighted by Gasteiger charge is -2.08. The Balaban J connectivity index is 1.55. The van der Waals surface area contributed by atoms with Gasteiger partial charge < -0.3 is 0 Å². The molecule has 0 fully saturated rings. The van der Waals surface area contributed by atoms with Crippen LogP contribution in [0.1, 0.15) is 11.1 Å². The van der Waals surface area contributed by atoms with Crippen LogP contribution in [0.15, 0.2) is 121 Å². The zero-order valence-electron chi connectivity index (χ0n) is 18.0. The van der Waals surface area contributed by atoms with Crippen molar-refractivity contribution >= 4 is 11.6 Å². The van der Waals surface area contributed by atoms with E-state index in [2.05, 4.69) is 36.4 Å². The van der Waals surface area contributed by atoms with Crippen molar-refractivity contribution in [3.63, 3.8) is 0 Å². The maximum Gasteiger partial charge on any atom is 0.0998 e. The van der Waals surface area contributed by atoms with E-state index in [-0.39, 0.29) is 0 Å². The Hall–Kier alpha value is -4.68. The first kappa shape index (κ1) is 20.2. The van der Waals surface area contributed by atoms with Crippen LogP contribution < -0.4 is 0 Å². The number of aromatic nitrogens is 2. The quantitative estimate of drug-likeness (QED) is 0.220. The summed E-state index contributed by atoms with van der Waals surface area (Å²) in [7, 11) is 0. The Bertz CT molecular complexity index is 1420. The molecular formula is C30H21N3. The molecule has 0 saturated heterocycles. The van der Waals surface area contributed by atoms with Crippen LogP contribution in [0, 0.1) is 11.3 Å². The van der Waals surface area contributed by atoms with Crippen molar-refractivity contribution in [1.82, 2.24) is 9.78 Å². The van der Waals surface area contributed by atoms with Gasteiger partial charge in [-0.2, -0.15) is 10.4 Å². The third kappa shape index (κ3) is 4.37. The smallest absolute Gasteiger partial charge is 0.0998 e. The standard InChI is InChI=1S/C30H21N3/c31-22-27(24-10-4-1-5-11-24)20-23-16-18-28(19-17-23)33-30(26-14-8-3-9-15-26)21-29(32-33)25-12-6-2-7-13-25/h1-21H/b27-20+. The fourth-order valence-electron chi connectivity index (χ4n) is 3.82. The molecule has 1 aromatic heterocycles. The summed E-state index contributed by atoms with van der Waals surface area (Å²) in [6.45, 7) is 0. The summed E-state index contributed by atoms with van der Waals surface area (Å²) < 4.78 is 1.98. The second kappa shape index (κ2) is 9.21. The summed E-state index contributed by atoms with van der Waals surface area (Å²) in [4.78, 5) is 0. The van der Waals surface area contributed by atoms with E-state index in [1.54, 1.807) is 0 Å². The van der Waals surface area contributed by atoms with E-state index in [9.17, 15) is 5.26 Å². The van der Waals surface area contributed by atoms with E-state index in [1.807, 2.05) is 102 Å². The summed E-state index contributed by atoms with van der Waals surface area (Å²) in [6.07, 6.45) is 1.91. The molecule has 0 amide bonds. The highest BCUT2D eigenvalue weighted by molar-refractivity contribution is 5.89. The maximum absolute atomic E-state index is 9.61. The minimum atomic E-state index is 0.638. The van der Waals surface area contributed by atoms with Crippen molar-refractivity contribution in [3.05, 3.63) is 132 Å². The lowest BCUT2D eigenvalue weighted by atomic mass is 10.0. The molecule has 156 valence electrons. The number of nitrogens with zero attached hydrogens (tertiary/aromatic N) is 3. The first-order chi connectivity index (χ1) is 16.3. The molecule has 33 heavy (non-hydrogen) atoms. The predicted molar refractivity (Wildman–Crippen MR) is 134 cm³/mol. The van der Waals surface area contributed by atoms with Crippen molar-refractivity contribution in [2.24, 2.45) is 0 Å². The van der Waals surface area contributed by atoms with Crippen molar-refractivity contribution in [2.45, 2.75) is 0 Å². The third-order valence-electron chi connectivity index (χ3n) is 5.50. The van der Waals surface area contributed by atoms with Crippen molar-refractivity contribution in [2.75, 3.05) is 0 Å². The minimum Gasteiger partial charge on any atom is -0.232 e. The molecule has 5 aromatic rings. The van der Waals surface area contributed by atoms with Crippen LogP contribution in [0.4, 0.5) is 0 Å². The SMILES string of the molecule is N#C/C(=C\c1ccc(-n2nc(-c3ccccc3)cc2-c2ccccc2)cc1)c1ccccc1. The highest BCUT2D eigenvalue weighted by Gasteiger charge is 2.13. The summed E-state index contributed by atoms with van der Waals surface area (Å²) >= 11 is 0. The zero-order valence-corrected chi connectivity index (χ0v) is 18.0. The molecular weight excluding hydrogens is 402 g/mol. The third-order valence-corrected chi connectivity index (χ3v) is 5.50. The average molecular weight is 424 g/mol. The molecule has 0 N–H and O–H groups in total. The van der Waals surface area contributed by atoms with Crippen LogP contribution >= 0.6 is 0 Å². The molecule has 0 aliphatic carbocycles. The van der Waals surface area contributed by atoms with Crippen molar-refractivity contribution in [1.29, 1.82) is 5.26 Å². The van der Waals surface area contributed by atoms with Gasteiger partial charge >= 0.3 is 0 Å². The van der Waals surface area contributed by atoms with Crippen molar-refractivity contribution < 1.29 is 0 Å². The number of benzene rings is 4. The van der Waals surface area contributed by atoms with Crippen LogP contribution in [0.25, 0.3) is 39.9 Å². The molecule has 1 heterocycles. The lowest BCUT2D eigenvalue weighted by molar-refractivity contribution is 0.892. The van der Waals surface area contributed by atoms with Crippen LogP contribution in [0.2, 0.25) is 0 Å². The fourth-order valence-corrected chi connectivity index (χ4v) is 3.82. The monoisotopic (exact) mass is 423 g/mol. The molecule has 4 aromatic carbocycles. The minimum absolute atomic E-state index is 0.638. The van der Waals surface area contributed by atoms with Crippen LogP contribution in [-0.2, 0) is 0 Å². The Morgan fingerprint density at radius 3 is 1.88 bits per heavy atom. The molecule has 0 aliphatic rings. The molecule has 0 aliphatic heterocycles. The first-order valence-corrected chi connectivity index (χ1v) is 10.8. The Kier molecular flexibility index (Phi) is 5.65. The van der Waals surface area contributed by atoms with Gasteiger partial charge in [-0.1, -0.05) is 103 Å². The molecule has 0 atom stereocenters. The van der Waals surface area contributed by atoms with Gasteiger partial charge in [0.05, 0.1) is 28.7 Å². The largest absolute Gasteiger partial charge is 0.232 e. The van der Waals surface area contributed by atoms with Crippen LogP contribution in [0.5, 0.6) is 0 Å². The second-order valence-electron chi connectivity index (χ2n) is 7.69. The van der Waals surface area contributed by atoms with E-state index in [0.29, 0.717) is 5.57 Å². The van der Waals surface area contributed by atoms with E-state index < -0.39 is 0 Å². The van der Waals surface area contributed by atoms with Gasteiger partial charge in [0.2, 0.25) is 0 Å². The van der Waals surface area contributed by atoms with Gasteiger partial charge in [0.1, 0.15) is 0 Å². The van der Waals surface area contributed by atoms with Crippen LogP contribution in [-0.4, -0.2) is 9.78 Å². The molecule has 3 nitrogen and oxygen atoms in total. The van der Waals surface area contributed by atoms with E-state index >= 15 is 0 Å². The molecule has 0 bridgehead atoms. The summed E-state index contributed by atoms with van der Waals surface area (Å²) in [5.41, 5.74) is 7.62. The summed E-state index contributed by atoms with van der Waals surface area (Å²) in [6, 6.07) is 42.8. The van der Waals surface area contributed by atoms with E-state index in [1.165, 1.54) is 0 Å². The zero-order chi connectivity index (χ0) is 22.5. The van der Waals surface area contributed by atoms with Gasteiger partial charge in [0, 0.05) is 11.1 Å². The summed E-state index contributed by atoms with van der Waals surface area (Å²) in [5, 5.41) is 14.5. The van der Waals surface area contributed by atoms with Gasteiger partial charge in [-0.25, -0.2) is 4.68 Å². The first-order valence-electron chi connectivity index (χ1n) is 10.8. The highest BCUT2D eigenvalue weighted by Crippen LogP contribution is 2.29. The number of hydrogen-bond acceptors (Lipinski definition) is 2. The fraction of sp³-hybridized carbons (Fsp3) is 0. The van der Waals surface area contributed by atoms with Gasteiger partial charge in [-0.15, -0.1) is 0 Å². The van der Waals surface area contributed by atoms with Crippen molar-refractivity contribution in [3.8, 4) is 34.3 Å². The van der Waals surface area contributed by atoms with Crippen LogP contribution in [0.3, 0.4) is 0 Å². The molecule has 0 spiro atoms. The van der Waals surface area contributed by atoms with Gasteiger partial charge in [0.25, 0.3) is 0 Å².